The molecule has 96 valence electrons. The third kappa shape index (κ3) is 2.55. The Morgan fingerprint density at radius 1 is 1.11 bits per heavy atom. The predicted octanol–water partition coefficient (Wildman–Crippen LogP) is 2.45. The molecule has 0 saturated heterocycles. The van der Waals surface area contributed by atoms with Crippen LogP contribution in [-0.4, -0.2) is 19.9 Å². The second-order valence-electron chi connectivity index (χ2n) is 3.54. The van der Waals surface area contributed by atoms with Crippen LogP contribution in [0.25, 0.3) is 10.2 Å². The molecule has 0 aliphatic rings. The molecule has 0 unspecified atom stereocenters. The fourth-order valence-electron chi connectivity index (χ4n) is 1.48. The summed E-state index contributed by atoms with van der Waals surface area (Å²) in [5, 5.41) is 4.13. The summed E-state index contributed by atoms with van der Waals surface area (Å²) >= 11 is 8.64. The van der Waals surface area contributed by atoms with Gasteiger partial charge >= 0.3 is 0 Å². The van der Waals surface area contributed by atoms with E-state index in [0.717, 1.165) is 10.2 Å². The van der Waals surface area contributed by atoms with Crippen molar-refractivity contribution in [2.45, 2.75) is 10.2 Å². The number of nitrogens with two attached hydrogens (primary N) is 2. The van der Waals surface area contributed by atoms with E-state index in [1.165, 1.54) is 29.2 Å². The first-order valence-electron chi connectivity index (χ1n) is 5.10. The number of fused-ring (bicyclic) bond motifs is 1. The summed E-state index contributed by atoms with van der Waals surface area (Å²) in [6.45, 7) is 0. The molecule has 0 aliphatic heterocycles. The van der Waals surface area contributed by atoms with Gasteiger partial charge < -0.3 is 11.5 Å². The fourth-order valence-corrected chi connectivity index (χ4v) is 3.45. The third-order valence-electron chi connectivity index (χ3n) is 2.20. The molecule has 0 radical (unpaired) electrons. The zero-order chi connectivity index (χ0) is 13.4. The topological polar surface area (TPSA) is 104 Å². The summed E-state index contributed by atoms with van der Waals surface area (Å²) in [5.41, 5.74) is 11.3. The summed E-state index contributed by atoms with van der Waals surface area (Å²) in [6.07, 6.45) is 0. The number of nitrogens with zero attached hydrogens (tertiary/aromatic N) is 4. The molecule has 4 N–H and O–H groups in total. The highest BCUT2D eigenvalue weighted by Crippen LogP contribution is 2.33. The van der Waals surface area contributed by atoms with E-state index in [0.29, 0.717) is 21.8 Å². The van der Waals surface area contributed by atoms with Crippen molar-refractivity contribution in [3.8, 4) is 0 Å². The maximum atomic E-state index is 5.89. The van der Waals surface area contributed by atoms with Gasteiger partial charge in [0.15, 0.2) is 5.16 Å². The maximum Gasteiger partial charge on any atom is 0.224 e. The fraction of sp³-hybridized carbons (Fsp3) is 0. The lowest BCUT2D eigenvalue weighted by molar-refractivity contribution is 0.977. The average Bonchev–Trinajstić information content (AvgIpc) is 2.75. The zero-order valence-corrected chi connectivity index (χ0v) is 11.8. The summed E-state index contributed by atoms with van der Waals surface area (Å²) < 4.78 is 0. The van der Waals surface area contributed by atoms with Crippen molar-refractivity contribution in [1.82, 2.24) is 19.9 Å². The van der Waals surface area contributed by atoms with Crippen molar-refractivity contribution in [3.05, 3.63) is 22.8 Å². The van der Waals surface area contributed by atoms with Crippen LogP contribution in [0, 0.1) is 0 Å². The van der Waals surface area contributed by atoms with E-state index in [-0.39, 0.29) is 5.28 Å². The molecule has 19 heavy (non-hydrogen) atoms. The normalized spacial score (nSPS) is 11.0. The highest BCUT2D eigenvalue weighted by Gasteiger charge is 2.11. The van der Waals surface area contributed by atoms with Crippen molar-refractivity contribution in [2.24, 2.45) is 0 Å². The minimum atomic E-state index is 0.189. The van der Waals surface area contributed by atoms with Gasteiger partial charge in [-0.3, -0.25) is 0 Å². The predicted molar refractivity (Wildman–Crippen MR) is 77.4 cm³/mol. The highest BCUT2D eigenvalue weighted by atomic mass is 35.5. The Bertz CT molecular complexity index is 739. The number of rotatable bonds is 2. The number of hydrogen-bond acceptors (Lipinski definition) is 8. The molecule has 0 bridgehead atoms. The van der Waals surface area contributed by atoms with E-state index in [1.807, 2.05) is 11.4 Å². The van der Waals surface area contributed by atoms with Gasteiger partial charge in [0.1, 0.15) is 21.5 Å². The van der Waals surface area contributed by atoms with Crippen LogP contribution in [0.4, 0.5) is 11.6 Å². The molecule has 0 atom stereocenters. The number of halogens is 1. The summed E-state index contributed by atoms with van der Waals surface area (Å²) in [6, 6.07) is 3.42. The Kier molecular flexibility index (Phi) is 3.13. The van der Waals surface area contributed by atoms with Crippen molar-refractivity contribution in [2.75, 3.05) is 11.5 Å². The third-order valence-corrected chi connectivity index (χ3v) is 4.04. The van der Waals surface area contributed by atoms with E-state index in [1.54, 1.807) is 0 Å². The number of thiophene rings is 1. The van der Waals surface area contributed by atoms with Crippen molar-refractivity contribution in [1.29, 1.82) is 0 Å². The van der Waals surface area contributed by atoms with E-state index >= 15 is 0 Å². The first-order chi connectivity index (χ1) is 9.11. The van der Waals surface area contributed by atoms with E-state index < -0.39 is 0 Å². The van der Waals surface area contributed by atoms with Gasteiger partial charge in [0.25, 0.3) is 0 Å². The minimum absolute atomic E-state index is 0.189. The molecule has 0 saturated carbocycles. The van der Waals surface area contributed by atoms with Crippen LogP contribution in [0.15, 0.2) is 27.7 Å². The Morgan fingerprint density at radius 2 is 1.84 bits per heavy atom. The quantitative estimate of drug-likeness (QED) is 0.553. The van der Waals surface area contributed by atoms with Crippen LogP contribution in [0.2, 0.25) is 5.28 Å². The molecule has 0 spiro atoms. The monoisotopic (exact) mass is 310 g/mol. The Labute approximate surface area is 121 Å². The smallest absolute Gasteiger partial charge is 0.224 e. The second-order valence-corrected chi connectivity index (χ2v) is 5.73. The van der Waals surface area contributed by atoms with E-state index in [2.05, 4.69) is 19.9 Å². The number of aromatic nitrogens is 4. The summed E-state index contributed by atoms with van der Waals surface area (Å²) in [7, 11) is 0. The molecule has 0 fully saturated rings. The Hall–Kier alpha value is -1.64. The van der Waals surface area contributed by atoms with Crippen LogP contribution in [0.3, 0.4) is 0 Å². The summed E-state index contributed by atoms with van der Waals surface area (Å²) in [5.74, 6) is 0.633. The standard InChI is InChI=1S/C10H7ClN6S2/c11-9-16-7-4(1-2-18-7)8(17-9)19-10-14-5(12)3-6(13)15-10/h1-3H,(H4,12,13,14,15). The lowest BCUT2D eigenvalue weighted by atomic mass is 10.4. The number of anilines is 2. The van der Waals surface area contributed by atoms with Crippen LogP contribution < -0.4 is 11.5 Å². The van der Waals surface area contributed by atoms with Crippen LogP contribution in [0.5, 0.6) is 0 Å². The summed E-state index contributed by atoms with van der Waals surface area (Å²) in [4.78, 5) is 17.4. The van der Waals surface area contributed by atoms with Crippen LogP contribution >= 0.6 is 34.7 Å². The highest BCUT2D eigenvalue weighted by molar-refractivity contribution is 7.99. The molecule has 6 nitrogen and oxygen atoms in total. The molecule has 0 amide bonds. The molecule has 9 heteroatoms. The van der Waals surface area contributed by atoms with Crippen molar-refractivity contribution in [3.63, 3.8) is 0 Å². The Balaban J connectivity index is 2.07. The zero-order valence-electron chi connectivity index (χ0n) is 9.37. The Morgan fingerprint density at radius 3 is 2.58 bits per heavy atom. The van der Waals surface area contributed by atoms with Gasteiger partial charge in [0, 0.05) is 11.5 Å². The molecule has 3 aromatic rings. The molecule has 3 aromatic heterocycles. The number of hydrogen-bond donors (Lipinski definition) is 2. The van der Waals surface area contributed by atoms with Gasteiger partial charge in [-0.25, -0.2) is 19.9 Å². The van der Waals surface area contributed by atoms with Gasteiger partial charge in [-0.05, 0) is 34.8 Å². The molecule has 0 aliphatic carbocycles. The van der Waals surface area contributed by atoms with Gasteiger partial charge in [0.2, 0.25) is 5.28 Å². The van der Waals surface area contributed by atoms with Crippen LogP contribution in [-0.2, 0) is 0 Å². The molecule has 3 rings (SSSR count). The molecule has 3 heterocycles. The lowest BCUT2D eigenvalue weighted by Crippen LogP contribution is -1.99. The maximum absolute atomic E-state index is 5.89. The second kappa shape index (κ2) is 4.80. The molecular formula is C10H7ClN6S2. The van der Waals surface area contributed by atoms with Gasteiger partial charge in [-0.15, -0.1) is 11.3 Å². The largest absolute Gasteiger partial charge is 0.383 e. The first kappa shape index (κ1) is 12.4. The lowest BCUT2D eigenvalue weighted by Gasteiger charge is -2.03. The van der Waals surface area contributed by atoms with Gasteiger partial charge in [-0.1, -0.05) is 0 Å². The van der Waals surface area contributed by atoms with Gasteiger partial charge in [-0.2, -0.15) is 0 Å². The SMILES string of the molecule is Nc1cc(N)nc(Sc2nc(Cl)nc3sccc23)n1. The number of nitrogen functional groups attached to an aromatic ring is 2. The minimum Gasteiger partial charge on any atom is -0.383 e. The van der Waals surface area contributed by atoms with E-state index in [9.17, 15) is 0 Å². The van der Waals surface area contributed by atoms with Crippen LogP contribution in [0.1, 0.15) is 0 Å². The van der Waals surface area contributed by atoms with E-state index in [4.69, 9.17) is 23.1 Å². The van der Waals surface area contributed by atoms with Gasteiger partial charge in [0.05, 0.1) is 0 Å². The molecule has 0 aromatic carbocycles. The van der Waals surface area contributed by atoms with Crippen molar-refractivity contribution >= 4 is 56.6 Å². The molecular weight excluding hydrogens is 304 g/mol. The first-order valence-corrected chi connectivity index (χ1v) is 7.18. The van der Waals surface area contributed by atoms with Crippen molar-refractivity contribution < 1.29 is 0 Å². The average molecular weight is 311 g/mol.